The van der Waals surface area contributed by atoms with Gasteiger partial charge in [-0.2, -0.15) is 10.2 Å². The Bertz CT molecular complexity index is 529. The summed E-state index contributed by atoms with van der Waals surface area (Å²) in [6.45, 7) is 4.13. The first-order valence-corrected chi connectivity index (χ1v) is 6.14. The largest absolute Gasteiger partial charge is 0.409 e. The smallest absolute Gasteiger partial charge is 0.256 e. The van der Waals surface area contributed by atoms with E-state index < -0.39 is 0 Å². The van der Waals surface area contributed by atoms with Gasteiger partial charge in [0.15, 0.2) is 5.84 Å². The molecule has 0 aliphatic carbocycles. The second-order valence-electron chi connectivity index (χ2n) is 4.67. The van der Waals surface area contributed by atoms with E-state index in [1.54, 1.807) is 24.8 Å². The molecule has 1 saturated heterocycles. The van der Waals surface area contributed by atoms with Gasteiger partial charge in [-0.15, -0.1) is 0 Å². The normalized spacial score (nSPS) is 19.8. The zero-order valence-electron chi connectivity index (χ0n) is 11.0. The van der Waals surface area contributed by atoms with Gasteiger partial charge in [-0.05, 0) is 32.8 Å². The predicted molar refractivity (Wildman–Crippen MR) is 69.0 cm³/mol. The fourth-order valence-corrected chi connectivity index (χ4v) is 2.31. The average Bonchev–Trinajstić information content (AvgIpc) is 2.89. The lowest BCUT2D eigenvalue weighted by molar-refractivity contribution is 0.0766. The summed E-state index contributed by atoms with van der Waals surface area (Å²) in [7, 11) is 0. The van der Waals surface area contributed by atoms with E-state index >= 15 is 0 Å². The molecule has 1 aliphatic rings. The van der Waals surface area contributed by atoms with Crippen LogP contribution in [0.1, 0.15) is 34.6 Å². The van der Waals surface area contributed by atoms with Gasteiger partial charge in [0.1, 0.15) is 0 Å². The van der Waals surface area contributed by atoms with Crippen molar-refractivity contribution in [2.45, 2.75) is 32.7 Å². The predicted octanol–water partition coefficient (Wildman–Crippen LogP) is 0.444. The van der Waals surface area contributed by atoms with Gasteiger partial charge in [0.25, 0.3) is 5.91 Å². The van der Waals surface area contributed by atoms with E-state index in [1.807, 2.05) is 0 Å². The molecule has 2 heterocycles. The highest BCUT2D eigenvalue weighted by atomic mass is 16.4. The van der Waals surface area contributed by atoms with Crippen LogP contribution in [0.25, 0.3) is 0 Å². The summed E-state index contributed by atoms with van der Waals surface area (Å²) in [5.41, 5.74) is 7.42. The number of nitrogens with two attached hydrogens (primary N) is 1. The molecular formula is C12H17N5O2. The van der Waals surface area contributed by atoms with Gasteiger partial charge in [0.05, 0.1) is 23.0 Å². The van der Waals surface area contributed by atoms with Crippen LogP contribution in [0, 0.1) is 13.8 Å². The second kappa shape index (κ2) is 5.21. The summed E-state index contributed by atoms with van der Waals surface area (Å²) in [5, 5.41) is 19.6. The number of carbonyl (C=O) groups excluding carboxylic acids is 1. The first-order chi connectivity index (χ1) is 9.04. The van der Waals surface area contributed by atoms with E-state index in [0.717, 1.165) is 6.42 Å². The maximum atomic E-state index is 12.5. The lowest BCUT2D eigenvalue weighted by atomic mass is 10.1. The molecule has 2 rings (SSSR count). The number of hydrogen-bond donors (Lipinski definition) is 2. The van der Waals surface area contributed by atoms with Crippen LogP contribution in [0.5, 0.6) is 0 Å². The number of likely N-dealkylation sites (tertiary alicyclic amines) is 1. The van der Waals surface area contributed by atoms with Crippen molar-refractivity contribution in [2.24, 2.45) is 10.9 Å². The summed E-state index contributed by atoms with van der Waals surface area (Å²) in [4.78, 5) is 14.1. The fraction of sp³-hybridized carbons (Fsp3) is 0.500. The SMILES string of the molecule is Cc1cc(C(=O)N2CCCC2/C(N)=N/O)c(C)nn1. The number of amidine groups is 1. The molecule has 1 amide bonds. The Labute approximate surface area is 111 Å². The lowest BCUT2D eigenvalue weighted by Crippen LogP contribution is -2.44. The molecule has 1 unspecified atom stereocenters. The van der Waals surface area contributed by atoms with E-state index in [4.69, 9.17) is 10.9 Å². The number of rotatable bonds is 2. The van der Waals surface area contributed by atoms with Gasteiger partial charge in [0, 0.05) is 6.54 Å². The molecule has 0 radical (unpaired) electrons. The van der Waals surface area contributed by atoms with Crippen LogP contribution in [0.15, 0.2) is 11.2 Å². The third-order valence-corrected chi connectivity index (χ3v) is 3.30. The summed E-state index contributed by atoms with van der Waals surface area (Å²) in [5.74, 6) is -0.0770. The van der Waals surface area contributed by atoms with Crippen molar-refractivity contribution < 1.29 is 10.0 Å². The number of amides is 1. The number of carbonyl (C=O) groups is 1. The molecule has 7 heteroatoms. The van der Waals surface area contributed by atoms with Crippen LogP contribution in [-0.4, -0.2) is 44.6 Å². The van der Waals surface area contributed by atoms with Crippen LogP contribution in [0.2, 0.25) is 0 Å². The Kier molecular flexibility index (Phi) is 3.64. The minimum absolute atomic E-state index is 0.0715. The Morgan fingerprint density at radius 1 is 1.53 bits per heavy atom. The van der Waals surface area contributed by atoms with Crippen LogP contribution in [0.4, 0.5) is 0 Å². The summed E-state index contributed by atoms with van der Waals surface area (Å²) >= 11 is 0. The van der Waals surface area contributed by atoms with Crippen molar-refractivity contribution in [3.8, 4) is 0 Å². The molecule has 0 saturated carbocycles. The fourth-order valence-electron chi connectivity index (χ4n) is 2.31. The third-order valence-electron chi connectivity index (χ3n) is 3.30. The van der Waals surface area contributed by atoms with Gasteiger partial charge in [0.2, 0.25) is 0 Å². The molecule has 7 nitrogen and oxygen atoms in total. The van der Waals surface area contributed by atoms with E-state index in [-0.39, 0.29) is 17.8 Å². The van der Waals surface area contributed by atoms with Crippen molar-refractivity contribution in [1.82, 2.24) is 15.1 Å². The first kappa shape index (κ1) is 13.3. The zero-order valence-corrected chi connectivity index (χ0v) is 11.0. The Morgan fingerprint density at radius 3 is 2.95 bits per heavy atom. The summed E-state index contributed by atoms with van der Waals surface area (Å²) in [6.07, 6.45) is 1.54. The maximum absolute atomic E-state index is 12.5. The highest BCUT2D eigenvalue weighted by Gasteiger charge is 2.33. The first-order valence-electron chi connectivity index (χ1n) is 6.14. The second-order valence-corrected chi connectivity index (χ2v) is 4.67. The molecule has 1 aliphatic heterocycles. The van der Waals surface area contributed by atoms with Gasteiger partial charge in [-0.3, -0.25) is 4.79 Å². The van der Waals surface area contributed by atoms with Gasteiger partial charge in [-0.1, -0.05) is 5.16 Å². The molecular weight excluding hydrogens is 246 g/mol. The van der Waals surface area contributed by atoms with Gasteiger partial charge in [-0.25, -0.2) is 0 Å². The average molecular weight is 263 g/mol. The van der Waals surface area contributed by atoms with Gasteiger partial charge < -0.3 is 15.8 Å². The molecule has 1 aromatic heterocycles. The van der Waals surface area contributed by atoms with E-state index in [0.29, 0.717) is 29.9 Å². The molecule has 19 heavy (non-hydrogen) atoms. The molecule has 1 aromatic rings. The Hall–Kier alpha value is -2.18. The van der Waals surface area contributed by atoms with Crippen molar-refractivity contribution in [3.05, 3.63) is 23.0 Å². The van der Waals surface area contributed by atoms with Crippen molar-refractivity contribution in [2.75, 3.05) is 6.54 Å². The molecule has 3 N–H and O–H groups in total. The van der Waals surface area contributed by atoms with E-state index in [9.17, 15) is 4.79 Å². The lowest BCUT2D eigenvalue weighted by Gasteiger charge is -2.24. The van der Waals surface area contributed by atoms with Gasteiger partial charge >= 0.3 is 0 Å². The standard InChI is InChI=1S/C12H17N5O2/c1-7-6-9(8(2)15-14-7)12(18)17-5-3-4-10(17)11(13)16-19/h6,10,19H,3-5H2,1-2H3,(H2,13,16). The number of aromatic nitrogens is 2. The minimum Gasteiger partial charge on any atom is -0.409 e. The number of nitrogens with zero attached hydrogens (tertiary/aromatic N) is 4. The quantitative estimate of drug-likeness (QED) is 0.349. The maximum Gasteiger partial charge on any atom is 0.256 e. The topological polar surface area (TPSA) is 105 Å². The van der Waals surface area contributed by atoms with Crippen LogP contribution >= 0.6 is 0 Å². The Balaban J connectivity index is 2.31. The molecule has 102 valence electrons. The number of hydrogen-bond acceptors (Lipinski definition) is 5. The monoisotopic (exact) mass is 263 g/mol. The molecule has 0 spiro atoms. The van der Waals surface area contributed by atoms with E-state index in [2.05, 4.69) is 15.4 Å². The van der Waals surface area contributed by atoms with Crippen LogP contribution in [0.3, 0.4) is 0 Å². The Morgan fingerprint density at radius 2 is 2.26 bits per heavy atom. The molecule has 0 aromatic carbocycles. The number of oxime groups is 1. The summed E-state index contributed by atoms with van der Waals surface area (Å²) < 4.78 is 0. The van der Waals surface area contributed by atoms with Crippen molar-refractivity contribution >= 4 is 11.7 Å². The third kappa shape index (κ3) is 2.49. The number of aryl methyl sites for hydroxylation is 2. The van der Waals surface area contributed by atoms with Crippen LogP contribution < -0.4 is 5.73 Å². The van der Waals surface area contributed by atoms with Crippen LogP contribution in [-0.2, 0) is 0 Å². The molecule has 0 bridgehead atoms. The highest BCUT2D eigenvalue weighted by Crippen LogP contribution is 2.21. The highest BCUT2D eigenvalue weighted by molar-refractivity contribution is 5.99. The van der Waals surface area contributed by atoms with Crippen molar-refractivity contribution in [3.63, 3.8) is 0 Å². The summed E-state index contributed by atoms with van der Waals surface area (Å²) in [6, 6.07) is 1.37. The van der Waals surface area contributed by atoms with E-state index in [1.165, 1.54) is 0 Å². The molecule has 1 fully saturated rings. The van der Waals surface area contributed by atoms with Crippen molar-refractivity contribution in [1.29, 1.82) is 0 Å². The minimum atomic E-state index is -0.342. The zero-order chi connectivity index (χ0) is 14.0. The molecule has 1 atom stereocenters.